The second-order valence-corrected chi connectivity index (χ2v) is 18.9. The Kier molecular flexibility index (Phi) is 20.9. The van der Waals surface area contributed by atoms with E-state index in [2.05, 4.69) is 5.32 Å². The first-order valence-electron chi connectivity index (χ1n) is 23.9. The average Bonchev–Trinajstić information content (AvgIpc) is 3.33. The molecule has 14 N–H and O–H groups in total. The summed E-state index contributed by atoms with van der Waals surface area (Å²) in [4.78, 5) is 25.8. The van der Waals surface area contributed by atoms with Gasteiger partial charge in [-0.25, -0.2) is 0 Å². The van der Waals surface area contributed by atoms with Crippen LogP contribution in [0.15, 0.2) is 0 Å². The summed E-state index contributed by atoms with van der Waals surface area (Å²) in [6.45, 7) is 7.62. The molecule has 12 unspecified atom stereocenters. The van der Waals surface area contributed by atoms with Crippen molar-refractivity contribution in [2.75, 3.05) is 19.8 Å². The summed E-state index contributed by atoms with van der Waals surface area (Å²) in [6.07, 6.45) is -48.7. The molecule has 6 aliphatic heterocycles. The zero-order chi connectivity index (χ0) is 53.2. The van der Waals surface area contributed by atoms with Gasteiger partial charge in [0.1, 0.15) is 116 Å². The van der Waals surface area contributed by atoms with Gasteiger partial charge in [0.05, 0.1) is 37.6 Å². The van der Waals surface area contributed by atoms with Gasteiger partial charge >= 0.3 is 5.97 Å². The smallest absolute Gasteiger partial charge is 0.303 e. The van der Waals surface area contributed by atoms with E-state index in [-0.39, 0.29) is 6.61 Å². The van der Waals surface area contributed by atoms with E-state index in [1.807, 2.05) is 0 Å². The lowest BCUT2D eigenvalue weighted by Crippen LogP contribution is -2.71. The Bertz CT molecular complexity index is 1720. The number of carbonyl (C=O) groups is 2. The Morgan fingerprint density at radius 1 is 0.431 bits per heavy atom. The van der Waals surface area contributed by atoms with Crippen LogP contribution in [0.4, 0.5) is 0 Å². The lowest BCUT2D eigenvalue weighted by Gasteiger charge is -2.52. The van der Waals surface area contributed by atoms with Crippen molar-refractivity contribution in [1.82, 2.24) is 5.32 Å². The number of rotatable bonds is 17. The topological polar surface area (TPSA) is 429 Å². The van der Waals surface area contributed by atoms with E-state index in [1.54, 1.807) is 6.92 Å². The third-order valence-electron chi connectivity index (χ3n) is 13.4. The van der Waals surface area contributed by atoms with Gasteiger partial charge < -0.3 is 133 Å². The molecule has 6 saturated heterocycles. The number of amides is 1. The van der Waals surface area contributed by atoms with Crippen LogP contribution in [0.1, 0.15) is 54.9 Å². The Labute approximate surface area is 413 Å². The lowest BCUT2D eigenvalue weighted by atomic mass is 9.94. The third kappa shape index (κ3) is 12.8. The van der Waals surface area contributed by atoms with Gasteiger partial charge in [-0.05, 0) is 34.1 Å². The molecule has 0 spiro atoms. The molecule has 29 nitrogen and oxygen atoms in total. The Morgan fingerprint density at radius 3 is 1.39 bits per heavy atom. The monoisotopic (exact) mass is 1050 g/mol. The molecule has 0 aromatic heterocycles. The summed E-state index contributed by atoms with van der Waals surface area (Å²) < 4.78 is 77.8. The van der Waals surface area contributed by atoms with Gasteiger partial charge in [-0.1, -0.05) is 6.92 Å². The predicted octanol–water partition coefficient (Wildman–Crippen LogP) is -7.84. The minimum atomic E-state index is -2.04. The normalized spacial score (nSPS) is 50.3. The summed E-state index contributed by atoms with van der Waals surface area (Å²) in [6, 6.07) is -1.75. The largest absolute Gasteiger partial charge is 0.454 e. The molecule has 6 heterocycles. The van der Waals surface area contributed by atoms with Crippen molar-refractivity contribution < 1.29 is 138 Å². The van der Waals surface area contributed by atoms with Crippen molar-refractivity contribution in [2.45, 2.75) is 239 Å². The van der Waals surface area contributed by atoms with Gasteiger partial charge in [-0.2, -0.15) is 0 Å². The van der Waals surface area contributed by atoms with Crippen molar-refractivity contribution in [2.24, 2.45) is 0 Å². The summed E-state index contributed by atoms with van der Waals surface area (Å²) in [5.41, 5.74) is 0. The maximum atomic E-state index is 13.1. The maximum Gasteiger partial charge on any atom is 0.303 e. The number of nitrogens with one attached hydrogen (secondary N) is 1. The number of aliphatic hydroxyl groups excluding tert-OH is 13. The summed E-state index contributed by atoms with van der Waals surface area (Å²) in [5, 5.41) is 144. The molecule has 0 aromatic rings. The van der Waals surface area contributed by atoms with Gasteiger partial charge in [-0.3, -0.25) is 9.59 Å². The highest BCUT2D eigenvalue weighted by molar-refractivity contribution is 5.73. The first kappa shape index (κ1) is 59.2. The zero-order valence-electron chi connectivity index (χ0n) is 40.6. The van der Waals surface area contributed by atoms with E-state index in [0.29, 0.717) is 6.42 Å². The van der Waals surface area contributed by atoms with E-state index in [9.17, 15) is 76.0 Å². The molecule has 1 amide bonds. The van der Waals surface area contributed by atoms with Crippen LogP contribution in [0, 0.1) is 0 Å². The Morgan fingerprint density at radius 2 is 0.847 bits per heavy atom. The zero-order valence-corrected chi connectivity index (χ0v) is 40.6. The van der Waals surface area contributed by atoms with Crippen LogP contribution < -0.4 is 5.32 Å². The second-order valence-electron chi connectivity index (χ2n) is 18.9. The summed E-state index contributed by atoms with van der Waals surface area (Å²) >= 11 is 0. The van der Waals surface area contributed by atoms with Crippen LogP contribution >= 0.6 is 0 Å². The van der Waals surface area contributed by atoms with Crippen molar-refractivity contribution >= 4 is 11.9 Å². The second kappa shape index (κ2) is 25.4. The van der Waals surface area contributed by atoms with Crippen LogP contribution in [-0.2, 0) is 71.2 Å². The molecule has 0 radical (unpaired) electrons. The van der Waals surface area contributed by atoms with Crippen molar-refractivity contribution in [3.8, 4) is 0 Å². The Hall–Kier alpha value is -2.06. The fourth-order valence-electron chi connectivity index (χ4n) is 9.29. The third-order valence-corrected chi connectivity index (χ3v) is 13.4. The number of hydrogen-bond donors (Lipinski definition) is 14. The minimum absolute atomic E-state index is 0.0838. The van der Waals surface area contributed by atoms with Crippen molar-refractivity contribution in [3.05, 3.63) is 0 Å². The fourth-order valence-corrected chi connectivity index (χ4v) is 9.29. The summed E-state index contributed by atoms with van der Waals surface area (Å²) in [7, 11) is 0. The highest BCUT2D eigenvalue weighted by Crippen LogP contribution is 2.38. The number of aliphatic hydroxyl groups is 13. The van der Waals surface area contributed by atoms with Crippen molar-refractivity contribution in [3.63, 3.8) is 0 Å². The molecule has 0 saturated carbocycles. The van der Waals surface area contributed by atoms with E-state index < -0.39 is 209 Å². The standard InChI is InChI=1S/C43H73NO28/c1-8-9-60-41-35(29(57)22(50)13(3)62-41)71-43-37(34(24(52)15(5)64-43)70-40-31(59)28(56)25(53)18(10-45)67-40)72-38-20(44-16(6)47)32(26(54)19(11-46)66-38)68-42-36(65-17(7)48)33(23(51)14(4)63-42)69-39-30(58)27(55)21(49)12(2)61-39/h12-15,18-43,45-46,49-59H,8-11H2,1-7H3,(H,44,47)/t12?,13?,14?,15?,18-,19?,20?,21-,22-,23-,24-,25+,26+,27-,28?,29-,30?,31?,32+,33-,34-,35?,36?,37?,38-,39-,40+,41+,42-,43-/m0/s1. The quantitative estimate of drug-likeness (QED) is 0.0602. The average molecular weight is 1050 g/mol. The first-order valence-corrected chi connectivity index (χ1v) is 23.9. The molecule has 72 heavy (non-hydrogen) atoms. The molecule has 6 rings (SSSR count). The van der Waals surface area contributed by atoms with E-state index in [0.717, 1.165) is 13.8 Å². The molecule has 0 bridgehead atoms. The number of ether oxygens (including phenoxy) is 13. The number of esters is 1. The molecule has 6 aliphatic rings. The molecule has 29 heteroatoms. The lowest BCUT2D eigenvalue weighted by molar-refractivity contribution is -0.406. The van der Waals surface area contributed by atoms with Crippen LogP contribution in [0.25, 0.3) is 0 Å². The van der Waals surface area contributed by atoms with Gasteiger partial charge in [0.25, 0.3) is 0 Å². The first-order chi connectivity index (χ1) is 33.9. The summed E-state index contributed by atoms with van der Waals surface area (Å²) in [5.74, 6) is -1.80. The van der Waals surface area contributed by atoms with E-state index in [1.165, 1.54) is 27.7 Å². The molecule has 6 fully saturated rings. The molecule has 0 aromatic carbocycles. The highest BCUT2D eigenvalue weighted by Gasteiger charge is 2.59. The van der Waals surface area contributed by atoms with Gasteiger partial charge in [-0.15, -0.1) is 0 Å². The highest BCUT2D eigenvalue weighted by atomic mass is 16.8. The molecule has 0 aliphatic carbocycles. The van der Waals surface area contributed by atoms with Gasteiger partial charge in [0.15, 0.2) is 43.8 Å². The van der Waals surface area contributed by atoms with Crippen LogP contribution in [0.2, 0.25) is 0 Å². The maximum absolute atomic E-state index is 13.1. The number of hydrogen-bond acceptors (Lipinski definition) is 28. The molecular weight excluding hydrogens is 978 g/mol. The minimum Gasteiger partial charge on any atom is -0.454 e. The van der Waals surface area contributed by atoms with Gasteiger partial charge in [0.2, 0.25) is 5.91 Å². The van der Waals surface area contributed by atoms with Crippen LogP contribution in [0.3, 0.4) is 0 Å². The van der Waals surface area contributed by atoms with E-state index >= 15 is 0 Å². The molecule has 418 valence electrons. The van der Waals surface area contributed by atoms with Crippen molar-refractivity contribution in [1.29, 1.82) is 0 Å². The number of carbonyl (C=O) groups excluding carboxylic acids is 2. The fraction of sp³-hybridized carbons (Fsp3) is 0.953. The molecule has 30 atom stereocenters. The Balaban J connectivity index is 1.39. The predicted molar refractivity (Wildman–Crippen MR) is 229 cm³/mol. The van der Waals surface area contributed by atoms with Crippen LogP contribution in [0.5, 0.6) is 0 Å². The van der Waals surface area contributed by atoms with Gasteiger partial charge in [0, 0.05) is 20.5 Å². The molecular formula is C43H73NO28. The SMILES string of the molecule is CCCO[C@@H]1OC(C)[C@H](O)[C@H](O)C1O[C@@H]1OC(C)[C@H](O)[C@H](O[C@H]2O[C@@H](CO)[C@@H](O)C(O)C2O)C1O[C@@H]1OC(CO)[C@@H](O)[C@H](O[C@@H]2OC(C)[C@H](O)[C@H](O[C@@H]3OC(C)[C@H](O)[C@H](O)C3O)C2OC(C)=O)C1NC(C)=O. The van der Waals surface area contributed by atoms with E-state index in [4.69, 9.17) is 61.6 Å². The van der Waals surface area contributed by atoms with Crippen LogP contribution in [-0.4, -0.2) is 282 Å².